The number of nitrogens with one attached hydrogen (secondary N) is 1. The molecule has 2 nitrogen and oxygen atoms in total. The van der Waals surface area contributed by atoms with Gasteiger partial charge in [0, 0.05) is 11.6 Å². The van der Waals surface area contributed by atoms with Gasteiger partial charge >= 0.3 is 0 Å². The monoisotopic (exact) mass is 171 g/mol. The Morgan fingerprint density at radius 1 is 1.55 bits per heavy atom. The summed E-state index contributed by atoms with van der Waals surface area (Å²) in [5.74, 6) is -0.242. The minimum Gasteiger partial charge on any atom is -0.328 e. The second-order valence-corrected chi connectivity index (χ2v) is 3.53. The number of carbonyl (C=O) groups excluding carboxylic acids is 1. The molecule has 0 fully saturated rings. The molecule has 0 aromatic heterocycles. The molecule has 1 rings (SSSR count). The topological polar surface area (TPSA) is 29.1 Å². The van der Waals surface area contributed by atoms with Crippen molar-refractivity contribution >= 4 is 17.5 Å². The highest BCUT2D eigenvalue weighted by Gasteiger charge is 2.17. The summed E-state index contributed by atoms with van der Waals surface area (Å²) >= 11 is 5.67. The fraction of sp³-hybridized carbons (Fsp3) is 0.375. The van der Waals surface area contributed by atoms with Crippen molar-refractivity contribution in [1.82, 2.24) is 5.32 Å². The third-order valence-corrected chi connectivity index (χ3v) is 1.72. The zero-order valence-corrected chi connectivity index (χ0v) is 7.27. The van der Waals surface area contributed by atoms with Gasteiger partial charge < -0.3 is 5.32 Å². The van der Waals surface area contributed by atoms with Crippen LogP contribution >= 0.6 is 11.6 Å². The molecule has 0 aromatic rings. The van der Waals surface area contributed by atoms with E-state index in [9.17, 15) is 4.79 Å². The molecule has 0 radical (unpaired) electrons. The highest BCUT2D eigenvalue weighted by molar-refractivity contribution is 6.42. The molecular weight excluding hydrogens is 162 g/mol. The summed E-state index contributed by atoms with van der Waals surface area (Å²) in [4.78, 5) is 10.9. The van der Waals surface area contributed by atoms with Gasteiger partial charge in [0.1, 0.15) is 5.03 Å². The second kappa shape index (κ2) is 2.70. The van der Waals surface area contributed by atoms with Gasteiger partial charge in [-0.15, -0.1) is 0 Å². The first-order valence-electron chi connectivity index (χ1n) is 3.38. The fourth-order valence-corrected chi connectivity index (χ4v) is 1.18. The van der Waals surface area contributed by atoms with Crippen molar-refractivity contribution in [2.24, 2.45) is 5.41 Å². The van der Waals surface area contributed by atoms with E-state index in [-0.39, 0.29) is 16.4 Å². The molecule has 1 aliphatic rings. The molecule has 11 heavy (non-hydrogen) atoms. The molecular formula is C8H10ClNO. The Morgan fingerprint density at radius 3 is 2.82 bits per heavy atom. The van der Waals surface area contributed by atoms with Crippen LogP contribution in [0, 0.1) is 5.41 Å². The summed E-state index contributed by atoms with van der Waals surface area (Å²) in [5, 5.41) is 2.78. The highest BCUT2D eigenvalue weighted by atomic mass is 35.5. The molecule has 60 valence electrons. The van der Waals surface area contributed by atoms with Crippen LogP contribution in [0.5, 0.6) is 0 Å². The van der Waals surface area contributed by atoms with E-state index < -0.39 is 0 Å². The average molecular weight is 172 g/mol. The molecule has 1 amide bonds. The van der Waals surface area contributed by atoms with Gasteiger partial charge in [0.2, 0.25) is 0 Å². The van der Waals surface area contributed by atoms with Crippen molar-refractivity contribution in [2.45, 2.75) is 13.8 Å². The number of hydrogen-bond acceptors (Lipinski definition) is 1. The molecule has 0 saturated carbocycles. The smallest absolute Gasteiger partial charge is 0.266 e. The van der Waals surface area contributed by atoms with E-state index in [1.165, 1.54) is 0 Å². The van der Waals surface area contributed by atoms with E-state index in [1.807, 2.05) is 19.9 Å². The van der Waals surface area contributed by atoms with Gasteiger partial charge in [0.25, 0.3) is 5.91 Å². The molecule has 1 aliphatic heterocycles. The minimum atomic E-state index is -0.242. The summed E-state index contributed by atoms with van der Waals surface area (Å²) in [6, 6.07) is 0. The SMILES string of the molecule is CC1(C)C=CNC(=O)C(Cl)=C1. The zero-order valence-electron chi connectivity index (χ0n) is 6.52. The number of rotatable bonds is 0. The number of hydrogen-bond donors (Lipinski definition) is 1. The van der Waals surface area contributed by atoms with Gasteiger partial charge in [0.15, 0.2) is 0 Å². The van der Waals surface area contributed by atoms with Crippen LogP contribution in [0.25, 0.3) is 0 Å². The predicted molar refractivity (Wildman–Crippen MR) is 45.0 cm³/mol. The van der Waals surface area contributed by atoms with E-state index in [0.29, 0.717) is 0 Å². The maximum absolute atomic E-state index is 10.9. The van der Waals surface area contributed by atoms with Crippen molar-refractivity contribution in [3.05, 3.63) is 23.4 Å². The summed E-state index contributed by atoms with van der Waals surface area (Å²) in [6.45, 7) is 3.96. The standard InChI is InChI=1S/C8H10ClNO/c1-8(2)3-4-10-7(11)6(9)5-8/h3-5H,1-2H3,(H,10,11). The van der Waals surface area contributed by atoms with Crippen molar-refractivity contribution in [3.63, 3.8) is 0 Å². The lowest BCUT2D eigenvalue weighted by Gasteiger charge is -2.11. The molecule has 1 N–H and O–H groups in total. The van der Waals surface area contributed by atoms with Crippen LogP contribution < -0.4 is 5.32 Å². The quantitative estimate of drug-likeness (QED) is 0.592. The molecule has 0 atom stereocenters. The number of halogens is 1. The second-order valence-electron chi connectivity index (χ2n) is 3.12. The van der Waals surface area contributed by atoms with Crippen LogP contribution in [0.1, 0.15) is 13.8 Å². The van der Waals surface area contributed by atoms with Crippen molar-refractivity contribution in [2.75, 3.05) is 0 Å². The largest absolute Gasteiger partial charge is 0.328 e. The molecule has 0 aromatic carbocycles. The maximum atomic E-state index is 10.9. The normalized spacial score (nSPS) is 22.1. The van der Waals surface area contributed by atoms with Crippen LogP contribution in [0.2, 0.25) is 0 Å². The molecule has 0 spiro atoms. The van der Waals surface area contributed by atoms with Gasteiger partial charge in [-0.2, -0.15) is 0 Å². The van der Waals surface area contributed by atoms with Gasteiger partial charge in [-0.3, -0.25) is 4.79 Å². The van der Waals surface area contributed by atoms with Crippen molar-refractivity contribution < 1.29 is 4.79 Å². The Hall–Kier alpha value is -0.760. The molecule has 0 bridgehead atoms. The minimum absolute atomic E-state index is 0.143. The third kappa shape index (κ3) is 2.09. The maximum Gasteiger partial charge on any atom is 0.266 e. The predicted octanol–water partition coefficient (Wildman–Crippen LogP) is 1.78. The van der Waals surface area contributed by atoms with Crippen LogP contribution in [-0.2, 0) is 4.79 Å². The Bertz CT molecular complexity index is 240. The first-order chi connectivity index (χ1) is 5.01. The Labute approximate surface area is 70.9 Å². The van der Waals surface area contributed by atoms with Gasteiger partial charge in [0.05, 0.1) is 0 Å². The third-order valence-electron chi connectivity index (χ3n) is 1.44. The van der Waals surface area contributed by atoms with Crippen LogP contribution in [-0.4, -0.2) is 5.91 Å². The van der Waals surface area contributed by atoms with Crippen LogP contribution in [0.4, 0.5) is 0 Å². The lowest BCUT2D eigenvalue weighted by atomic mass is 9.93. The van der Waals surface area contributed by atoms with E-state index in [2.05, 4.69) is 5.32 Å². The molecule has 0 aliphatic carbocycles. The zero-order chi connectivity index (χ0) is 8.48. The van der Waals surface area contributed by atoms with Gasteiger partial charge in [-0.25, -0.2) is 0 Å². The van der Waals surface area contributed by atoms with E-state index in [1.54, 1.807) is 12.3 Å². The van der Waals surface area contributed by atoms with Crippen LogP contribution in [0.15, 0.2) is 23.4 Å². The number of carbonyl (C=O) groups is 1. The van der Waals surface area contributed by atoms with Crippen molar-refractivity contribution in [1.29, 1.82) is 0 Å². The van der Waals surface area contributed by atoms with Gasteiger partial charge in [-0.05, 0) is 0 Å². The van der Waals surface area contributed by atoms with E-state index in [4.69, 9.17) is 11.6 Å². The lowest BCUT2D eigenvalue weighted by molar-refractivity contribution is -0.116. The summed E-state index contributed by atoms with van der Waals surface area (Å²) in [6.07, 6.45) is 5.24. The van der Waals surface area contributed by atoms with Crippen LogP contribution in [0.3, 0.4) is 0 Å². The Balaban J connectivity index is 2.98. The van der Waals surface area contributed by atoms with E-state index in [0.717, 1.165) is 0 Å². The summed E-state index contributed by atoms with van der Waals surface area (Å²) < 4.78 is 0. The number of allylic oxidation sites excluding steroid dienone is 2. The summed E-state index contributed by atoms with van der Waals surface area (Å²) in [7, 11) is 0. The fourth-order valence-electron chi connectivity index (χ4n) is 0.841. The van der Waals surface area contributed by atoms with Crippen molar-refractivity contribution in [3.8, 4) is 0 Å². The molecule has 0 saturated heterocycles. The first kappa shape index (κ1) is 8.34. The lowest BCUT2D eigenvalue weighted by Crippen LogP contribution is -2.15. The molecule has 3 heteroatoms. The Kier molecular flexibility index (Phi) is 2.05. The van der Waals surface area contributed by atoms with E-state index >= 15 is 0 Å². The molecule has 0 unspecified atom stereocenters. The summed E-state index contributed by atoms with van der Waals surface area (Å²) in [5.41, 5.74) is -0.143. The highest BCUT2D eigenvalue weighted by Crippen LogP contribution is 2.23. The molecule has 1 heterocycles. The number of amides is 1. The Morgan fingerprint density at radius 2 is 2.18 bits per heavy atom. The van der Waals surface area contributed by atoms with Gasteiger partial charge in [-0.1, -0.05) is 37.6 Å². The average Bonchev–Trinajstić information content (AvgIpc) is 1.93. The first-order valence-corrected chi connectivity index (χ1v) is 3.76.